The average molecular weight is 451 g/mol. The molecule has 0 radical (unpaired) electrons. The third kappa shape index (κ3) is 4.93. The highest BCUT2D eigenvalue weighted by atomic mass is 16.2. The zero-order valence-electron chi connectivity index (χ0n) is 19.6. The molecule has 1 amide bonds. The van der Waals surface area contributed by atoms with Gasteiger partial charge in [-0.1, -0.05) is 30.3 Å². The third-order valence-electron chi connectivity index (χ3n) is 6.72. The van der Waals surface area contributed by atoms with Gasteiger partial charge in [0, 0.05) is 42.1 Å². The van der Waals surface area contributed by atoms with Crippen LogP contribution in [0.4, 0.5) is 5.69 Å². The number of rotatable bonds is 6. The zero-order chi connectivity index (χ0) is 23.3. The van der Waals surface area contributed by atoms with Gasteiger partial charge in [0.25, 0.3) is 5.91 Å². The second-order valence-corrected chi connectivity index (χ2v) is 9.16. The summed E-state index contributed by atoms with van der Waals surface area (Å²) in [5, 5.41) is 4.66. The van der Waals surface area contributed by atoms with Crippen molar-refractivity contribution in [2.45, 2.75) is 32.7 Å². The number of amides is 1. The van der Waals surface area contributed by atoms with E-state index in [1.54, 1.807) is 6.20 Å². The molecule has 0 bridgehead atoms. The monoisotopic (exact) mass is 450 g/mol. The second kappa shape index (κ2) is 10.0. The SMILES string of the molecule is Cc1ccc(C(=O)N2CCC[C@H](Cc3cccc4ncccc34)C2)cc1NCc1ccccn1. The van der Waals surface area contributed by atoms with Crippen LogP contribution in [0.5, 0.6) is 0 Å². The molecule has 0 spiro atoms. The molecule has 5 heteroatoms. The van der Waals surface area contributed by atoms with E-state index in [9.17, 15) is 4.79 Å². The molecule has 172 valence electrons. The Hall–Kier alpha value is -3.73. The van der Waals surface area contributed by atoms with Gasteiger partial charge in [-0.3, -0.25) is 14.8 Å². The molecule has 0 unspecified atom stereocenters. The first-order chi connectivity index (χ1) is 16.7. The number of anilines is 1. The van der Waals surface area contributed by atoms with Crippen molar-refractivity contribution < 1.29 is 4.79 Å². The summed E-state index contributed by atoms with van der Waals surface area (Å²) in [4.78, 5) is 24.3. The van der Waals surface area contributed by atoms with Crippen molar-refractivity contribution in [2.75, 3.05) is 18.4 Å². The number of aryl methyl sites for hydroxylation is 1. The molecule has 2 aromatic heterocycles. The van der Waals surface area contributed by atoms with Gasteiger partial charge in [0.05, 0.1) is 17.8 Å². The van der Waals surface area contributed by atoms with Gasteiger partial charge in [-0.15, -0.1) is 0 Å². The van der Waals surface area contributed by atoms with Crippen LogP contribution < -0.4 is 5.32 Å². The normalized spacial score (nSPS) is 15.9. The minimum atomic E-state index is 0.116. The highest BCUT2D eigenvalue weighted by molar-refractivity contribution is 5.95. The summed E-state index contributed by atoms with van der Waals surface area (Å²) < 4.78 is 0. The van der Waals surface area contributed by atoms with Crippen molar-refractivity contribution in [3.8, 4) is 0 Å². The minimum absolute atomic E-state index is 0.116. The van der Waals surface area contributed by atoms with Crippen LogP contribution in [-0.2, 0) is 13.0 Å². The summed E-state index contributed by atoms with van der Waals surface area (Å²) in [7, 11) is 0. The zero-order valence-corrected chi connectivity index (χ0v) is 19.6. The first-order valence-electron chi connectivity index (χ1n) is 12.0. The lowest BCUT2D eigenvalue weighted by molar-refractivity contribution is 0.0673. The Morgan fingerprint density at radius 3 is 2.82 bits per heavy atom. The summed E-state index contributed by atoms with van der Waals surface area (Å²) in [6.45, 7) is 4.30. The van der Waals surface area contributed by atoms with E-state index in [0.717, 1.165) is 60.4 Å². The summed E-state index contributed by atoms with van der Waals surface area (Å²) in [5.41, 5.74) is 6.17. The Morgan fingerprint density at radius 1 is 1.03 bits per heavy atom. The molecule has 5 nitrogen and oxygen atoms in total. The van der Waals surface area contributed by atoms with Gasteiger partial charge < -0.3 is 10.2 Å². The fourth-order valence-electron chi connectivity index (χ4n) is 4.89. The molecule has 0 aliphatic carbocycles. The van der Waals surface area contributed by atoms with Gasteiger partial charge in [-0.25, -0.2) is 0 Å². The summed E-state index contributed by atoms with van der Waals surface area (Å²) in [6.07, 6.45) is 6.79. The molecule has 3 heterocycles. The fraction of sp³-hybridized carbons (Fsp3) is 0.276. The smallest absolute Gasteiger partial charge is 0.253 e. The van der Waals surface area contributed by atoms with Gasteiger partial charge in [0.1, 0.15) is 0 Å². The van der Waals surface area contributed by atoms with Gasteiger partial charge in [0.2, 0.25) is 0 Å². The Bertz CT molecular complexity index is 1280. The standard InChI is InChI=1S/C29H30N4O/c1-21-12-13-24(18-28(21)32-19-25-9-2-3-14-30-25)29(34)33-16-6-7-22(20-33)17-23-8-4-11-27-26(23)10-5-15-31-27/h2-5,8-15,18,22,32H,6-7,16-17,19-20H2,1H3/t22-/m1/s1. The van der Waals surface area contributed by atoms with Crippen LogP contribution in [0.2, 0.25) is 0 Å². The second-order valence-electron chi connectivity index (χ2n) is 9.16. The van der Waals surface area contributed by atoms with E-state index < -0.39 is 0 Å². The van der Waals surface area contributed by atoms with Crippen LogP contribution in [0.25, 0.3) is 10.9 Å². The molecule has 1 N–H and O–H groups in total. The first kappa shape index (κ1) is 22.1. The number of hydrogen-bond donors (Lipinski definition) is 1. The molecule has 1 saturated heterocycles. The molecular weight excluding hydrogens is 420 g/mol. The highest BCUT2D eigenvalue weighted by Gasteiger charge is 2.25. The fourth-order valence-corrected chi connectivity index (χ4v) is 4.89. The molecule has 1 aliphatic heterocycles. The van der Waals surface area contributed by atoms with E-state index >= 15 is 0 Å². The number of carbonyl (C=O) groups is 1. The molecule has 2 aromatic carbocycles. The third-order valence-corrected chi connectivity index (χ3v) is 6.72. The molecule has 5 rings (SSSR count). The van der Waals surface area contributed by atoms with Crippen LogP contribution in [-0.4, -0.2) is 33.9 Å². The Kier molecular flexibility index (Phi) is 6.52. The van der Waals surface area contributed by atoms with Crippen LogP contribution in [0.1, 0.15) is 40.0 Å². The number of fused-ring (bicyclic) bond motifs is 1. The van der Waals surface area contributed by atoms with E-state index in [0.29, 0.717) is 12.5 Å². The van der Waals surface area contributed by atoms with Crippen molar-refractivity contribution >= 4 is 22.5 Å². The molecule has 0 saturated carbocycles. The van der Waals surface area contributed by atoms with Crippen molar-refractivity contribution in [3.05, 3.63) is 102 Å². The number of aromatic nitrogens is 2. The highest BCUT2D eigenvalue weighted by Crippen LogP contribution is 2.27. The van der Waals surface area contributed by atoms with Gasteiger partial charge in [0.15, 0.2) is 0 Å². The maximum Gasteiger partial charge on any atom is 0.253 e. The van der Waals surface area contributed by atoms with Crippen LogP contribution in [0, 0.1) is 12.8 Å². The van der Waals surface area contributed by atoms with E-state index in [2.05, 4.69) is 46.5 Å². The Labute approximate surface area is 200 Å². The maximum absolute atomic E-state index is 13.4. The van der Waals surface area contributed by atoms with Gasteiger partial charge in [-0.2, -0.15) is 0 Å². The molecule has 34 heavy (non-hydrogen) atoms. The van der Waals surface area contributed by atoms with Crippen LogP contribution in [0.3, 0.4) is 0 Å². The number of piperidine rings is 1. The molecule has 1 atom stereocenters. The van der Waals surface area contributed by atoms with Crippen molar-refractivity contribution in [1.82, 2.24) is 14.9 Å². The summed E-state index contributed by atoms with van der Waals surface area (Å²) >= 11 is 0. The number of pyridine rings is 2. The summed E-state index contributed by atoms with van der Waals surface area (Å²) in [6, 6.07) is 22.4. The molecule has 4 aromatic rings. The van der Waals surface area contributed by atoms with Crippen LogP contribution in [0.15, 0.2) is 79.1 Å². The lowest BCUT2D eigenvalue weighted by Crippen LogP contribution is -2.40. The number of likely N-dealkylation sites (tertiary alicyclic amines) is 1. The van der Waals surface area contributed by atoms with Crippen molar-refractivity contribution in [3.63, 3.8) is 0 Å². The molecule has 1 fully saturated rings. The van der Waals surface area contributed by atoms with Gasteiger partial charge >= 0.3 is 0 Å². The number of nitrogens with zero attached hydrogens (tertiary/aromatic N) is 3. The minimum Gasteiger partial charge on any atom is -0.379 e. The lowest BCUT2D eigenvalue weighted by atomic mass is 9.89. The largest absolute Gasteiger partial charge is 0.379 e. The molecular formula is C29H30N4O. The first-order valence-corrected chi connectivity index (χ1v) is 12.0. The van der Waals surface area contributed by atoms with Gasteiger partial charge in [-0.05, 0) is 79.6 Å². The van der Waals surface area contributed by atoms with E-state index in [-0.39, 0.29) is 5.91 Å². The number of hydrogen-bond acceptors (Lipinski definition) is 4. The Morgan fingerprint density at radius 2 is 1.94 bits per heavy atom. The van der Waals surface area contributed by atoms with Crippen molar-refractivity contribution in [1.29, 1.82) is 0 Å². The Balaban J connectivity index is 1.28. The topological polar surface area (TPSA) is 58.1 Å². The average Bonchev–Trinajstić information content (AvgIpc) is 2.89. The summed E-state index contributed by atoms with van der Waals surface area (Å²) in [5.74, 6) is 0.570. The van der Waals surface area contributed by atoms with E-state index in [4.69, 9.17) is 0 Å². The van der Waals surface area contributed by atoms with Crippen LogP contribution >= 0.6 is 0 Å². The predicted molar refractivity (Wildman–Crippen MR) is 137 cm³/mol. The maximum atomic E-state index is 13.4. The molecule has 1 aliphatic rings. The number of nitrogens with one attached hydrogen (secondary N) is 1. The lowest BCUT2D eigenvalue weighted by Gasteiger charge is -2.33. The van der Waals surface area contributed by atoms with E-state index in [1.807, 2.05) is 53.6 Å². The number of carbonyl (C=O) groups excluding carboxylic acids is 1. The predicted octanol–water partition coefficient (Wildman–Crippen LogP) is 5.65. The number of benzene rings is 2. The quantitative estimate of drug-likeness (QED) is 0.413. The van der Waals surface area contributed by atoms with Crippen molar-refractivity contribution in [2.24, 2.45) is 5.92 Å². The van der Waals surface area contributed by atoms with E-state index in [1.165, 1.54) is 10.9 Å².